The van der Waals surface area contributed by atoms with Crippen LogP contribution in [0.15, 0.2) is 21.3 Å². The number of hydrogen-bond acceptors (Lipinski definition) is 5. The summed E-state index contributed by atoms with van der Waals surface area (Å²) in [5, 5.41) is 4.04. The fraction of sp³-hybridized carbons (Fsp3) is 0.545. The molecule has 3 aliphatic rings. The number of nitrogens with one attached hydrogen (secondary N) is 1. The summed E-state index contributed by atoms with van der Waals surface area (Å²) < 4.78 is 17.0. The SMILES string of the molecule is Cc1c(OCC(=O)N[C@@H]2C[C@H]3OCC[C@@H]23)ccc2c3c(c(=O)oc12)CCCC3. The Balaban J connectivity index is 1.31. The molecule has 2 fully saturated rings. The Kier molecular flexibility index (Phi) is 4.38. The lowest BCUT2D eigenvalue weighted by atomic mass is 9.76. The number of hydrogen-bond donors (Lipinski definition) is 1. The second-order valence-electron chi connectivity index (χ2n) is 8.18. The second-order valence-corrected chi connectivity index (χ2v) is 8.18. The lowest BCUT2D eigenvalue weighted by Crippen LogP contribution is -2.54. The smallest absolute Gasteiger partial charge is 0.339 e. The van der Waals surface area contributed by atoms with Crippen molar-refractivity contribution in [1.82, 2.24) is 5.32 Å². The molecule has 0 spiro atoms. The molecule has 1 aromatic heterocycles. The lowest BCUT2D eigenvalue weighted by Gasteiger charge is -2.39. The summed E-state index contributed by atoms with van der Waals surface area (Å²) in [7, 11) is 0. The standard InChI is InChI=1S/C22H25NO5/c1-12-18(27-11-20(24)23-17-10-19-16(17)8-9-26-19)7-6-14-13-4-2-3-5-15(13)22(25)28-21(12)14/h6-7,16-17,19H,2-5,8-11H2,1H3,(H,23,24)/t16-,17+,19+/m0/s1. The zero-order valence-corrected chi connectivity index (χ0v) is 16.1. The molecule has 6 nitrogen and oxygen atoms in total. The molecule has 1 N–H and O–H groups in total. The Hall–Kier alpha value is -2.34. The van der Waals surface area contributed by atoms with Crippen molar-refractivity contribution in [3.8, 4) is 5.75 Å². The number of rotatable bonds is 4. The van der Waals surface area contributed by atoms with Crippen molar-refractivity contribution in [2.75, 3.05) is 13.2 Å². The molecule has 1 amide bonds. The van der Waals surface area contributed by atoms with Crippen LogP contribution in [0.25, 0.3) is 11.0 Å². The molecule has 28 heavy (non-hydrogen) atoms. The molecule has 6 heteroatoms. The third kappa shape index (κ3) is 2.91. The van der Waals surface area contributed by atoms with Gasteiger partial charge >= 0.3 is 5.63 Å². The first-order valence-electron chi connectivity index (χ1n) is 10.2. The van der Waals surface area contributed by atoms with Crippen molar-refractivity contribution < 1.29 is 18.7 Å². The fourth-order valence-corrected chi connectivity index (χ4v) is 4.94. The van der Waals surface area contributed by atoms with Gasteiger partial charge in [0.05, 0.1) is 6.10 Å². The van der Waals surface area contributed by atoms with Crippen molar-refractivity contribution in [3.05, 3.63) is 39.2 Å². The van der Waals surface area contributed by atoms with Crippen LogP contribution >= 0.6 is 0 Å². The molecule has 1 aliphatic heterocycles. The van der Waals surface area contributed by atoms with Gasteiger partial charge in [-0.25, -0.2) is 4.79 Å². The van der Waals surface area contributed by atoms with E-state index in [4.69, 9.17) is 13.9 Å². The monoisotopic (exact) mass is 383 g/mol. The molecule has 5 rings (SSSR count). The van der Waals surface area contributed by atoms with Crippen molar-refractivity contribution in [2.24, 2.45) is 5.92 Å². The molecular weight excluding hydrogens is 358 g/mol. The van der Waals surface area contributed by atoms with E-state index in [1.54, 1.807) is 0 Å². The third-order valence-electron chi connectivity index (χ3n) is 6.56. The van der Waals surface area contributed by atoms with Gasteiger partial charge in [0.1, 0.15) is 11.3 Å². The van der Waals surface area contributed by atoms with Crippen molar-refractivity contribution in [2.45, 2.75) is 57.6 Å². The maximum Gasteiger partial charge on any atom is 0.339 e. The maximum absolute atomic E-state index is 12.4. The van der Waals surface area contributed by atoms with Crippen molar-refractivity contribution >= 4 is 16.9 Å². The first-order chi connectivity index (χ1) is 13.6. The molecule has 0 radical (unpaired) electrons. The van der Waals surface area contributed by atoms with Crippen LogP contribution in [0.2, 0.25) is 0 Å². The summed E-state index contributed by atoms with van der Waals surface area (Å²) in [4.78, 5) is 24.7. The van der Waals surface area contributed by atoms with E-state index in [0.29, 0.717) is 23.4 Å². The molecule has 2 aromatic rings. The summed E-state index contributed by atoms with van der Waals surface area (Å²) in [6, 6.07) is 4.03. The average molecular weight is 383 g/mol. The molecule has 1 aromatic carbocycles. The molecule has 2 aliphatic carbocycles. The van der Waals surface area contributed by atoms with Gasteiger partial charge in [-0.15, -0.1) is 0 Å². The van der Waals surface area contributed by atoms with E-state index in [9.17, 15) is 9.59 Å². The van der Waals surface area contributed by atoms with Crippen LogP contribution in [0, 0.1) is 12.8 Å². The van der Waals surface area contributed by atoms with Crippen LogP contribution in [0.5, 0.6) is 5.75 Å². The predicted molar refractivity (Wildman–Crippen MR) is 104 cm³/mol. The number of ether oxygens (including phenoxy) is 2. The quantitative estimate of drug-likeness (QED) is 0.822. The summed E-state index contributed by atoms with van der Waals surface area (Å²) in [5.41, 5.74) is 3.04. The number of carbonyl (C=O) groups is 1. The van der Waals surface area contributed by atoms with Gasteiger partial charge in [0, 0.05) is 35.1 Å². The highest BCUT2D eigenvalue weighted by Gasteiger charge is 2.45. The van der Waals surface area contributed by atoms with Crippen LogP contribution in [0.3, 0.4) is 0 Å². The second kappa shape index (κ2) is 6.92. The number of fused-ring (bicyclic) bond motifs is 4. The lowest BCUT2D eigenvalue weighted by molar-refractivity contribution is -0.126. The van der Waals surface area contributed by atoms with E-state index in [-0.39, 0.29) is 24.2 Å². The summed E-state index contributed by atoms with van der Waals surface area (Å²) >= 11 is 0. The molecule has 148 valence electrons. The number of carbonyl (C=O) groups excluding carboxylic acids is 1. The van der Waals surface area contributed by atoms with Crippen LogP contribution in [0.4, 0.5) is 0 Å². The highest BCUT2D eigenvalue weighted by molar-refractivity contribution is 5.86. The van der Waals surface area contributed by atoms with Gasteiger partial charge in [-0.1, -0.05) is 0 Å². The topological polar surface area (TPSA) is 77.8 Å². The highest BCUT2D eigenvalue weighted by atomic mass is 16.5. The highest BCUT2D eigenvalue weighted by Crippen LogP contribution is 2.38. The normalized spacial score (nSPS) is 25.7. The molecular formula is C22H25NO5. The molecule has 0 bridgehead atoms. The van der Waals surface area contributed by atoms with Gasteiger partial charge in [0.2, 0.25) is 0 Å². The van der Waals surface area contributed by atoms with Crippen LogP contribution in [-0.4, -0.2) is 31.3 Å². The van der Waals surface area contributed by atoms with Gasteiger partial charge in [-0.05, 0) is 63.1 Å². The van der Waals surface area contributed by atoms with E-state index in [2.05, 4.69) is 5.32 Å². The minimum Gasteiger partial charge on any atom is -0.483 e. The Morgan fingerprint density at radius 1 is 1.25 bits per heavy atom. The zero-order valence-electron chi connectivity index (χ0n) is 16.1. The molecule has 1 saturated heterocycles. The Morgan fingerprint density at radius 3 is 2.89 bits per heavy atom. The van der Waals surface area contributed by atoms with Crippen LogP contribution in [0.1, 0.15) is 42.4 Å². The average Bonchev–Trinajstić information content (AvgIpc) is 3.07. The first kappa shape index (κ1) is 17.7. The Morgan fingerprint density at radius 2 is 2.07 bits per heavy atom. The maximum atomic E-state index is 12.4. The summed E-state index contributed by atoms with van der Waals surface area (Å²) in [6.07, 6.45) is 6.06. The first-order valence-corrected chi connectivity index (χ1v) is 10.2. The largest absolute Gasteiger partial charge is 0.483 e. The van der Waals surface area contributed by atoms with Gasteiger partial charge in [-0.3, -0.25) is 4.79 Å². The minimum atomic E-state index is -0.237. The predicted octanol–water partition coefficient (Wildman–Crippen LogP) is 2.65. The third-order valence-corrected chi connectivity index (χ3v) is 6.56. The zero-order chi connectivity index (χ0) is 19.3. The number of aryl methyl sites for hydroxylation is 2. The fourth-order valence-electron chi connectivity index (χ4n) is 4.94. The van der Waals surface area contributed by atoms with Crippen LogP contribution < -0.4 is 15.7 Å². The van der Waals surface area contributed by atoms with E-state index in [1.165, 1.54) is 0 Å². The number of benzene rings is 1. The van der Waals surface area contributed by atoms with Crippen molar-refractivity contribution in [3.63, 3.8) is 0 Å². The molecule has 2 heterocycles. The van der Waals surface area contributed by atoms with Gasteiger partial charge in [0.25, 0.3) is 5.91 Å². The molecule has 3 atom stereocenters. The Labute approximate surface area is 163 Å². The van der Waals surface area contributed by atoms with Gasteiger partial charge in [-0.2, -0.15) is 0 Å². The summed E-state index contributed by atoms with van der Waals surface area (Å²) in [6.45, 7) is 2.62. The van der Waals surface area contributed by atoms with E-state index < -0.39 is 0 Å². The van der Waals surface area contributed by atoms with Gasteiger partial charge < -0.3 is 19.2 Å². The molecule has 1 saturated carbocycles. The van der Waals surface area contributed by atoms with E-state index >= 15 is 0 Å². The Bertz CT molecular complexity index is 995. The van der Waals surface area contributed by atoms with E-state index in [1.807, 2.05) is 19.1 Å². The molecule has 0 unspecified atom stereocenters. The van der Waals surface area contributed by atoms with Crippen LogP contribution in [-0.2, 0) is 22.4 Å². The van der Waals surface area contributed by atoms with Crippen molar-refractivity contribution in [1.29, 1.82) is 0 Å². The van der Waals surface area contributed by atoms with E-state index in [0.717, 1.165) is 67.2 Å². The number of amides is 1. The minimum absolute atomic E-state index is 0.0454. The summed E-state index contributed by atoms with van der Waals surface area (Å²) in [5.74, 6) is 0.908. The van der Waals surface area contributed by atoms with Gasteiger partial charge in [0.15, 0.2) is 6.61 Å².